The van der Waals surface area contributed by atoms with E-state index in [4.69, 9.17) is 16.6 Å². The first-order chi connectivity index (χ1) is 18.5. The summed E-state index contributed by atoms with van der Waals surface area (Å²) in [5.74, 6) is 0.525. The lowest BCUT2D eigenvalue weighted by Gasteiger charge is -2.34. The van der Waals surface area contributed by atoms with E-state index in [-0.39, 0.29) is 11.5 Å². The predicted octanol–water partition coefficient (Wildman–Crippen LogP) is 3.14. The number of aromatic amines is 1. The number of benzene rings is 2. The highest BCUT2D eigenvalue weighted by atomic mass is 35.5. The average molecular weight is 535 g/mol. The quantitative estimate of drug-likeness (QED) is 0.502. The fraction of sp³-hybridized carbons (Fsp3) is 0.414. The van der Waals surface area contributed by atoms with Crippen molar-refractivity contribution >= 4 is 23.5 Å². The minimum Gasteiger partial charge on any atom is -0.340 e. The van der Waals surface area contributed by atoms with Crippen molar-refractivity contribution in [2.45, 2.75) is 19.4 Å². The highest BCUT2D eigenvalue weighted by molar-refractivity contribution is 6.33. The number of amides is 1. The Bertz CT molecular complexity index is 1280. The summed E-state index contributed by atoms with van der Waals surface area (Å²) in [6, 6.07) is 19.4. The number of H-pyrrole nitrogens is 1. The van der Waals surface area contributed by atoms with Gasteiger partial charge in [-0.2, -0.15) is 0 Å². The van der Waals surface area contributed by atoms with E-state index in [2.05, 4.69) is 50.0 Å². The lowest BCUT2D eigenvalue weighted by atomic mass is 10.1. The highest BCUT2D eigenvalue weighted by Gasteiger charge is 2.23. The molecule has 0 atom stereocenters. The number of carbonyl (C=O) groups is 1. The number of hydrogen-bond acceptors (Lipinski definition) is 6. The zero-order valence-electron chi connectivity index (χ0n) is 21.7. The number of nitrogens with zero attached hydrogens (tertiary/aromatic N) is 5. The minimum atomic E-state index is -0.139. The van der Waals surface area contributed by atoms with Gasteiger partial charge in [0.05, 0.1) is 16.3 Å². The van der Waals surface area contributed by atoms with Gasteiger partial charge in [-0.25, -0.2) is 4.98 Å². The molecule has 3 heterocycles. The van der Waals surface area contributed by atoms with Gasteiger partial charge in [0.15, 0.2) is 0 Å². The molecule has 2 fully saturated rings. The first-order valence-electron chi connectivity index (χ1n) is 13.4. The summed E-state index contributed by atoms with van der Waals surface area (Å²) in [5, 5.41) is 0.467. The van der Waals surface area contributed by atoms with Crippen LogP contribution in [-0.4, -0.2) is 89.5 Å². The van der Waals surface area contributed by atoms with Crippen LogP contribution >= 0.6 is 11.6 Å². The number of rotatable bonds is 7. The van der Waals surface area contributed by atoms with Crippen molar-refractivity contribution in [3.05, 3.63) is 92.9 Å². The van der Waals surface area contributed by atoms with Gasteiger partial charge in [0.25, 0.3) is 11.5 Å². The molecule has 1 aromatic heterocycles. The number of hydrogen-bond donors (Lipinski definition) is 1. The van der Waals surface area contributed by atoms with E-state index in [1.807, 2.05) is 17.0 Å². The molecule has 0 spiro atoms. The normalized spacial score (nSPS) is 17.4. The van der Waals surface area contributed by atoms with E-state index in [1.165, 1.54) is 5.56 Å². The van der Waals surface area contributed by atoms with Crippen LogP contribution in [0.1, 0.15) is 28.0 Å². The third-order valence-electron chi connectivity index (χ3n) is 7.38. The van der Waals surface area contributed by atoms with E-state index in [0.29, 0.717) is 42.7 Å². The second-order valence-corrected chi connectivity index (χ2v) is 10.4. The monoisotopic (exact) mass is 534 g/mol. The Morgan fingerprint density at radius 3 is 2.39 bits per heavy atom. The Morgan fingerprint density at radius 1 is 0.868 bits per heavy atom. The number of anilines is 1. The van der Waals surface area contributed by atoms with Gasteiger partial charge in [0.1, 0.15) is 0 Å². The molecule has 8 nitrogen and oxygen atoms in total. The van der Waals surface area contributed by atoms with Crippen LogP contribution in [-0.2, 0) is 13.0 Å². The third kappa shape index (κ3) is 6.81. The number of halogens is 1. The molecule has 0 unspecified atom stereocenters. The van der Waals surface area contributed by atoms with Crippen molar-refractivity contribution < 1.29 is 4.79 Å². The molecule has 200 valence electrons. The molecule has 3 aromatic rings. The van der Waals surface area contributed by atoms with Gasteiger partial charge in [-0.3, -0.25) is 19.5 Å². The molecule has 2 saturated heterocycles. The molecule has 38 heavy (non-hydrogen) atoms. The molecule has 0 saturated carbocycles. The molecule has 0 aliphatic carbocycles. The summed E-state index contributed by atoms with van der Waals surface area (Å²) >= 11 is 6.25. The first-order valence-corrected chi connectivity index (χ1v) is 13.8. The maximum atomic E-state index is 13.0. The Balaban J connectivity index is 1.15. The molecule has 0 bridgehead atoms. The van der Waals surface area contributed by atoms with E-state index in [9.17, 15) is 9.59 Å². The number of piperazine rings is 1. The predicted molar refractivity (Wildman–Crippen MR) is 151 cm³/mol. The van der Waals surface area contributed by atoms with Crippen LogP contribution in [0.3, 0.4) is 0 Å². The molecule has 0 radical (unpaired) electrons. The fourth-order valence-electron chi connectivity index (χ4n) is 5.19. The van der Waals surface area contributed by atoms with Gasteiger partial charge >= 0.3 is 0 Å². The van der Waals surface area contributed by atoms with Gasteiger partial charge in [0.2, 0.25) is 5.95 Å². The summed E-state index contributed by atoms with van der Waals surface area (Å²) < 4.78 is 0. The molecular weight excluding hydrogens is 500 g/mol. The second-order valence-electron chi connectivity index (χ2n) is 10.0. The molecule has 9 heteroatoms. The lowest BCUT2D eigenvalue weighted by Crippen LogP contribution is -2.46. The maximum Gasteiger partial charge on any atom is 0.255 e. The largest absolute Gasteiger partial charge is 0.340 e. The van der Waals surface area contributed by atoms with Crippen LogP contribution in [0, 0.1) is 0 Å². The molecule has 5 rings (SSSR count). The summed E-state index contributed by atoms with van der Waals surface area (Å²) in [6.45, 7) is 8.19. The van der Waals surface area contributed by atoms with Crippen molar-refractivity contribution in [3.63, 3.8) is 0 Å². The van der Waals surface area contributed by atoms with E-state index >= 15 is 0 Å². The van der Waals surface area contributed by atoms with Crippen molar-refractivity contribution in [1.29, 1.82) is 0 Å². The van der Waals surface area contributed by atoms with Gasteiger partial charge in [0, 0.05) is 71.5 Å². The first kappa shape index (κ1) is 26.4. The molecule has 1 amide bonds. The molecular formula is C29H35ClN6O2. The Labute approximate surface area is 228 Å². The molecule has 2 aliphatic rings. The van der Waals surface area contributed by atoms with Crippen molar-refractivity contribution in [2.24, 2.45) is 0 Å². The van der Waals surface area contributed by atoms with E-state index in [1.54, 1.807) is 18.2 Å². The number of aromatic nitrogens is 2. The van der Waals surface area contributed by atoms with Crippen molar-refractivity contribution in [1.82, 2.24) is 24.7 Å². The van der Waals surface area contributed by atoms with Crippen LogP contribution in [0.4, 0.5) is 5.95 Å². The zero-order valence-corrected chi connectivity index (χ0v) is 22.4. The topological polar surface area (TPSA) is 75.8 Å². The van der Waals surface area contributed by atoms with Gasteiger partial charge in [-0.15, -0.1) is 0 Å². The Morgan fingerprint density at radius 2 is 1.61 bits per heavy atom. The molecule has 2 aromatic carbocycles. The standard InChI is InChI=1S/C29H35ClN6O2/c30-26-10-5-4-9-25(26)28(38)35-12-6-13-36(20-19-35)29-31-24(21-27(37)32-29)22-34-17-15-33(16-18-34)14-11-23-7-2-1-3-8-23/h1-5,7-10,21H,6,11-20,22H2,(H,31,32,37). The van der Waals surface area contributed by atoms with Crippen LogP contribution in [0.2, 0.25) is 5.02 Å². The second kappa shape index (κ2) is 12.6. The third-order valence-corrected chi connectivity index (χ3v) is 7.71. The van der Waals surface area contributed by atoms with Crippen molar-refractivity contribution in [2.75, 3.05) is 63.8 Å². The smallest absolute Gasteiger partial charge is 0.255 e. The summed E-state index contributed by atoms with van der Waals surface area (Å²) in [7, 11) is 0. The lowest BCUT2D eigenvalue weighted by molar-refractivity contribution is 0.0767. The maximum absolute atomic E-state index is 13.0. The SMILES string of the molecule is O=C(c1ccccc1Cl)N1CCCN(c2nc(CN3CCN(CCc4ccccc4)CC3)cc(=O)[nH]2)CC1. The summed E-state index contributed by atoms with van der Waals surface area (Å²) in [4.78, 5) is 42.1. The molecule has 1 N–H and O–H groups in total. The Hall–Kier alpha value is -3.20. The molecule has 2 aliphatic heterocycles. The Kier molecular flexibility index (Phi) is 8.73. The van der Waals surface area contributed by atoms with Gasteiger partial charge in [-0.1, -0.05) is 54.1 Å². The zero-order chi connectivity index (χ0) is 26.3. The van der Waals surface area contributed by atoms with E-state index < -0.39 is 0 Å². The minimum absolute atomic E-state index is 0.0597. The van der Waals surface area contributed by atoms with Gasteiger partial charge < -0.3 is 14.7 Å². The van der Waals surface area contributed by atoms with E-state index in [0.717, 1.165) is 57.8 Å². The summed E-state index contributed by atoms with van der Waals surface area (Å²) in [5.41, 5.74) is 2.55. The van der Waals surface area contributed by atoms with Gasteiger partial charge in [-0.05, 0) is 30.5 Å². The van der Waals surface area contributed by atoms with Crippen LogP contribution < -0.4 is 10.5 Å². The fourth-order valence-corrected chi connectivity index (χ4v) is 5.41. The summed E-state index contributed by atoms with van der Waals surface area (Å²) in [6.07, 6.45) is 1.85. The number of carbonyl (C=O) groups excluding carboxylic acids is 1. The van der Waals surface area contributed by atoms with Crippen molar-refractivity contribution in [3.8, 4) is 0 Å². The average Bonchev–Trinajstić information content (AvgIpc) is 3.19. The number of nitrogens with one attached hydrogen (secondary N) is 1. The highest BCUT2D eigenvalue weighted by Crippen LogP contribution is 2.19. The van der Waals surface area contributed by atoms with Crippen LogP contribution in [0.15, 0.2) is 65.5 Å². The van der Waals surface area contributed by atoms with Crippen LogP contribution in [0.25, 0.3) is 0 Å². The van der Waals surface area contributed by atoms with Crippen LogP contribution in [0.5, 0.6) is 0 Å².